The zero-order valence-corrected chi connectivity index (χ0v) is 11.8. The smallest absolute Gasteiger partial charge is 0.143 e. The van der Waals surface area contributed by atoms with Crippen LogP contribution >= 0.6 is 12.2 Å². The molecule has 5 heteroatoms. The van der Waals surface area contributed by atoms with Crippen LogP contribution in [0.2, 0.25) is 0 Å². The summed E-state index contributed by atoms with van der Waals surface area (Å²) in [5.41, 5.74) is 1.76. The Hall–Kier alpha value is -1.98. The van der Waals surface area contributed by atoms with Crippen molar-refractivity contribution in [2.75, 3.05) is 19.8 Å². The summed E-state index contributed by atoms with van der Waals surface area (Å²) in [6.07, 6.45) is 8.80. The maximum atomic E-state index is 5.37. The monoisotopic (exact) mass is 285 g/mol. The molecule has 0 unspecified atom stereocenters. The number of hydrogen-bond donors (Lipinski definition) is 0. The van der Waals surface area contributed by atoms with Gasteiger partial charge < -0.3 is 4.74 Å². The average Bonchev–Trinajstić information content (AvgIpc) is 2.48. The van der Waals surface area contributed by atoms with Gasteiger partial charge in [-0.15, -0.1) is 0 Å². The predicted octanol–water partition coefficient (Wildman–Crippen LogP) is 2.79. The molecule has 2 rings (SSSR count). The van der Waals surface area contributed by atoms with Gasteiger partial charge in [0.05, 0.1) is 31.7 Å². The zero-order chi connectivity index (χ0) is 14.0. The lowest BCUT2D eigenvalue weighted by atomic mass is 10.2. The zero-order valence-electron chi connectivity index (χ0n) is 11.0. The van der Waals surface area contributed by atoms with Gasteiger partial charge in [0, 0.05) is 18.0 Å². The lowest BCUT2D eigenvalue weighted by Gasteiger charge is -1.98. The van der Waals surface area contributed by atoms with Crippen LogP contribution in [0.15, 0.2) is 51.4 Å². The molecule has 1 aliphatic rings. The summed E-state index contributed by atoms with van der Waals surface area (Å²) < 4.78 is 5.37. The summed E-state index contributed by atoms with van der Waals surface area (Å²) in [7, 11) is 0. The third-order valence-electron chi connectivity index (χ3n) is 2.48. The minimum Gasteiger partial charge on any atom is -0.375 e. The fourth-order valence-electron chi connectivity index (χ4n) is 1.53. The Labute approximate surface area is 123 Å². The highest BCUT2D eigenvalue weighted by atomic mass is 32.1. The summed E-state index contributed by atoms with van der Waals surface area (Å²) in [5, 5.41) is 0. The van der Waals surface area contributed by atoms with E-state index in [4.69, 9.17) is 17.0 Å². The van der Waals surface area contributed by atoms with Gasteiger partial charge in [-0.3, -0.25) is 9.98 Å². The van der Waals surface area contributed by atoms with Crippen LogP contribution in [-0.2, 0) is 4.74 Å². The second-order valence-corrected chi connectivity index (χ2v) is 4.39. The molecule has 0 saturated heterocycles. The summed E-state index contributed by atoms with van der Waals surface area (Å²) in [6, 6.07) is 7.75. The van der Waals surface area contributed by atoms with Crippen molar-refractivity contribution in [3.63, 3.8) is 0 Å². The topological polar surface area (TPSA) is 46.3 Å². The first-order valence-corrected chi connectivity index (χ1v) is 6.71. The Morgan fingerprint density at radius 1 is 1.10 bits per heavy atom. The standard InChI is InChI=1S/C15H15N3OS/c20-15-12-16-8-10-19-9-4-3-7-17-14-6-2-1-5-13(14)11-18-15/h1-7,11-12H,8-10H2. The molecule has 0 amide bonds. The van der Waals surface area contributed by atoms with Crippen LogP contribution < -0.4 is 0 Å². The minimum absolute atomic E-state index is 0.441. The van der Waals surface area contributed by atoms with Gasteiger partial charge in [-0.2, -0.15) is 0 Å². The van der Waals surface area contributed by atoms with Crippen LogP contribution in [0.25, 0.3) is 0 Å². The van der Waals surface area contributed by atoms with Gasteiger partial charge in [0.15, 0.2) is 0 Å². The van der Waals surface area contributed by atoms with Crippen molar-refractivity contribution in [3.8, 4) is 0 Å². The third-order valence-corrected chi connectivity index (χ3v) is 2.69. The molecule has 0 saturated carbocycles. The largest absolute Gasteiger partial charge is 0.375 e. The van der Waals surface area contributed by atoms with Gasteiger partial charge in [0.1, 0.15) is 4.99 Å². The van der Waals surface area contributed by atoms with E-state index in [1.165, 1.54) is 0 Å². The van der Waals surface area contributed by atoms with E-state index >= 15 is 0 Å². The van der Waals surface area contributed by atoms with Crippen LogP contribution in [0.5, 0.6) is 0 Å². The lowest BCUT2D eigenvalue weighted by molar-refractivity contribution is 0.171. The van der Waals surface area contributed by atoms with Crippen molar-refractivity contribution in [2.24, 2.45) is 15.0 Å². The molecule has 0 fully saturated rings. The first-order chi connectivity index (χ1) is 9.86. The summed E-state index contributed by atoms with van der Waals surface area (Å²) in [4.78, 5) is 13.2. The van der Waals surface area contributed by atoms with Crippen molar-refractivity contribution < 1.29 is 4.74 Å². The van der Waals surface area contributed by atoms with E-state index in [9.17, 15) is 0 Å². The number of thiocarbonyl (C=S) groups is 1. The second-order valence-electron chi connectivity index (χ2n) is 3.97. The highest BCUT2D eigenvalue weighted by Gasteiger charge is 1.96. The number of nitrogens with zero attached hydrogens (tertiary/aromatic N) is 3. The van der Waals surface area contributed by atoms with Gasteiger partial charge in [0.2, 0.25) is 0 Å². The van der Waals surface area contributed by atoms with E-state index < -0.39 is 0 Å². The number of ether oxygens (including phenoxy) is 1. The van der Waals surface area contributed by atoms with Gasteiger partial charge >= 0.3 is 0 Å². The van der Waals surface area contributed by atoms with Crippen LogP contribution in [-0.4, -0.2) is 43.4 Å². The Morgan fingerprint density at radius 3 is 2.95 bits per heavy atom. The highest BCUT2D eigenvalue weighted by molar-refractivity contribution is 7.81. The molecular weight excluding hydrogens is 270 g/mol. The molecule has 0 spiro atoms. The molecule has 102 valence electrons. The molecule has 1 aromatic rings. The Bertz CT molecular complexity index is 576. The molecule has 1 aliphatic heterocycles. The van der Waals surface area contributed by atoms with Crippen LogP contribution in [0.3, 0.4) is 0 Å². The molecule has 0 atom stereocenters. The Morgan fingerprint density at radius 2 is 2.00 bits per heavy atom. The third kappa shape index (κ3) is 4.95. The Kier molecular flexibility index (Phi) is 5.95. The molecule has 0 N–H and O–H groups in total. The van der Waals surface area contributed by atoms with E-state index in [2.05, 4.69) is 15.0 Å². The highest BCUT2D eigenvalue weighted by Crippen LogP contribution is 2.16. The first-order valence-electron chi connectivity index (χ1n) is 6.30. The van der Waals surface area contributed by atoms with E-state index in [-0.39, 0.29) is 0 Å². The maximum Gasteiger partial charge on any atom is 0.143 e. The fourth-order valence-corrected chi connectivity index (χ4v) is 1.66. The molecular formula is C15H15N3OS. The fraction of sp³-hybridized carbons (Fsp3) is 0.200. The molecule has 0 bridgehead atoms. The van der Waals surface area contributed by atoms with E-state index in [1.54, 1.807) is 18.6 Å². The molecule has 0 aliphatic carbocycles. The summed E-state index contributed by atoms with van der Waals surface area (Å²) in [6.45, 7) is 1.68. The van der Waals surface area contributed by atoms with Crippen LogP contribution in [0, 0.1) is 0 Å². The van der Waals surface area contributed by atoms with Gasteiger partial charge in [-0.1, -0.05) is 36.5 Å². The van der Waals surface area contributed by atoms with Crippen LogP contribution in [0.1, 0.15) is 5.56 Å². The number of rotatable bonds is 0. The van der Waals surface area contributed by atoms with Gasteiger partial charge in [-0.25, -0.2) is 4.99 Å². The van der Waals surface area contributed by atoms with Crippen molar-refractivity contribution in [2.45, 2.75) is 0 Å². The quantitative estimate of drug-likeness (QED) is 0.688. The molecule has 1 heterocycles. The van der Waals surface area contributed by atoms with Gasteiger partial charge in [-0.05, 0) is 12.1 Å². The van der Waals surface area contributed by atoms with Gasteiger partial charge in [0.25, 0.3) is 0 Å². The number of hydrogen-bond acceptors (Lipinski definition) is 4. The van der Waals surface area contributed by atoms with Crippen molar-refractivity contribution in [3.05, 3.63) is 42.0 Å². The molecule has 4 nitrogen and oxygen atoms in total. The number of aliphatic imine (C=N–C) groups is 3. The number of para-hydroxylation sites is 1. The second kappa shape index (κ2) is 8.24. The SMILES string of the molecule is S=C1C=NCCOCC=CC=Nc2ccccc2C=N1. The first kappa shape index (κ1) is 14.4. The Balaban J connectivity index is 2.25. The van der Waals surface area contributed by atoms with E-state index in [0.29, 0.717) is 24.7 Å². The average molecular weight is 285 g/mol. The number of allylic oxidation sites excluding steroid dienone is 1. The maximum absolute atomic E-state index is 5.37. The number of fused-ring (bicyclic) bond motifs is 1. The number of benzene rings is 1. The van der Waals surface area contributed by atoms with Crippen LogP contribution in [0.4, 0.5) is 5.69 Å². The normalized spacial score (nSPS) is 16.5. The lowest BCUT2D eigenvalue weighted by Crippen LogP contribution is -2.00. The minimum atomic E-state index is 0.441. The molecule has 0 radical (unpaired) electrons. The van der Waals surface area contributed by atoms with E-state index in [0.717, 1.165) is 11.3 Å². The van der Waals surface area contributed by atoms with E-state index in [1.807, 2.05) is 36.4 Å². The van der Waals surface area contributed by atoms with Crippen molar-refractivity contribution in [1.29, 1.82) is 0 Å². The predicted molar refractivity (Wildman–Crippen MR) is 88.1 cm³/mol. The summed E-state index contributed by atoms with van der Waals surface area (Å²) >= 11 is 5.11. The molecule has 0 aromatic heterocycles. The molecule has 1 aromatic carbocycles. The van der Waals surface area contributed by atoms with Crippen molar-refractivity contribution >= 4 is 41.5 Å². The summed E-state index contributed by atoms with van der Waals surface area (Å²) in [5.74, 6) is 0. The molecule has 20 heavy (non-hydrogen) atoms. The van der Waals surface area contributed by atoms with Crippen molar-refractivity contribution in [1.82, 2.24) is 0 Å².